The SMILES string of the molecule is C=C(CCCCCC)CCOC(=O)C(/C=C1/C=C/C=C(c2cn[nH]c2-c2cccc(C)n2)/C=C\C1=C)=C/C. The van der Waals surface area contributed by atoms with Crippen LogP contribution in [0, 0.1) is 6.92 Å². The van der Waals surface area contributed by atoms with Gasteiger partial charge in [0.15, 0.2) is 0 Å². The van der Waals surface area contributed by atoms with E-state index in [1.54, 1.807) is 12.3 Å². The molecule has 0 aliphatic heterocycles. The van der Waals surface area contributed by atoms with Crippen LogP contribution in [-0.2, 0) is 9.53 Å². The molecule has 0 fully saturated rings. The first kappa shape index (κ1) is 28.6. The van der Waals surface area contributed by atoms with Gasteiger partial charge < -0.3 is 4.74 Å². The maximum Gasteiger partial charge on any atom is 0.337 e. The summed E-state index contributed by atoms with van der Waals surface area (Å²) < 4.78 is 5.54. The lowest BCUT2D eigenvalue weighted by Gasteiger charge is -2.10. The summed E-state index contributed by atoms with van der Waals surface area (Å²) in [6.07, 6.45) is 21.8. The first-order valence-corrected chi connectivity index (χ1v) is 13.4. The van der Waals surface area contributed by atoms with Crippen molar-refractivity contribution in [1.29, 1.82) is 0 Å². The number of H-pyrrole nitrogens is 1. The number of hydrogen-bond acceptors (Lipinski definition) is 4. The number of nitrogens with zero attached hydrogens (tertiary/aromatic N) is 2. The Labute approximate surface area is 227 Å². The van der Waals surface area contributed by atoms with Crippen LogP contribution in [0.2, 0.25) is 0 Å². The second-order valence-corrected chi connectivity index (χ2v) is 9.45. The summed E-state index contributed by atoms with van der Waals surface area (Å²) in [4.78, 5) is 17.4. The summed E-state index contributed by atoms with van der Waals surface area (Å²) >= 11 is 0. The van der Waals surface area contributed by atoms with Gasteiger partial charge >= 0.3 is 5.97 Å². The van der Waals surface area contributed by atoms with Crippen LogP contribution in [-0.4, -0.2) is 27.8 Å². The van der Waals surface area contributed by atoms with Crippen molar-refractivity contribution in [2.45, 2.75) is 59.3 Å². The van der Waals surface area contributed by atoms with Gasteiger partial charge in [0, 0.05) is 17.7 Å². The molecule has 0 atom stereocenters. The predicted octanol–water partition coefficient (Wildman–Crippen LogP) is 8.18. The van der Waals surface area contributed by atoms with E-state index >= 15 is 0 Å². The highest BCUT2D eigenvalue weighted by atomic mass is 16.5. The molecular weight excluding hydrogens is 470 g/mol. The van der Waals surface area contributed by atoms with E-state index in [2.05, 4.69) is 35.3 Å². The highest BCUT2D eigenvalue weighted by molar-refractivity contribution is 5.92. The smallest absolute Gasteiger partial charge is 0.337 e. The number of aromatic amines is 1. The van der Waals surface area contributed by atoms with E-state index in [1.807, 2.05) is 68.5 Å². The van der Waals surface area contributed by atoms with Crippen LogP contribution >= 0.6 is 0 Å². The molecule has 1 N–H and O–H groups in total. The van der Waals surface area contributed by atoms with E-state index < -0.39 is 0 Å². The van der Waals surface area contributed by atoms with Crippen LogP contribution < -0.4 is 0 Å². The van der Waals surface area contributed by atoms with Crippen LogP contribution in [0.15, 0.2) is 102 Å². The number of nitrogens with one attached hydrogen (secondary N) is 1. The van der Waals surface area contributed by atoms with Gasteiger partial charge in [-0.2, -0.15) is 5.10 Å². The molecule has 5 heteroatoms. The summed E-state index contributed by atoms with van der Waals surface area (Å²) in [5.41, 5.74) is 7.85. The molecule has 1 aliphatic carbocycles. The molecule has 0 bridgehead atoms. The zero-order valence-electron chi connectivity index (χ0n) is 22.9. The molecule has 1 aliphatic rings. The summed E-state index contributed by atoms with van der Waals surface area (Å²) in [5.74, 6) is -0.337. The van der Waals surface area contributed by atoms with E-state index in [-0.39, 0.29) is 5.97 Å². The number of pyridine rings is 1. The minimum Gasteiger partial charge on any atom is -0.462 e. The van der Waals surface area contributed by atoms with Crippen molar-refractivity contribution in [1.82, 2.24) is 15.2 Å². The Balaban J connectivity index is 1.66. The first-order valence-electron chi connectivity index (χ1n) is 13.4. The van der Waals surface area contributed by atoms with Crippen LogP contribution in [0.4, 0.5) is 0 Å². The quantitative estimate of drug-likeness (QED) is 0.136. The summed E-state index contributed by atoms with van der Waals surface area (Å²) in [6, 6.07) is 5.92. The van der Waals surface area contributed by atoms with Crippen molar-refractivity contribution in [2.75, 3.05) is 6.61 Å². The third-order valence-corrected chi connectivity index (χ3v) is 6.41. The van der Waals surface area contributed by atoms with E-state index in [4.69, 9.17) is 4.74 Å². The maximum absolute atomic E-state index is 12.7. The molecule has 0 unspecified atom stereocenters. The van der Waals surface area contributed by atoms with Gasteiger partial charge in [-0.15, -0.1) is 0 Å². The van der Waals surface area contributed by atoms with Crippen molar-refractivity contribution in [3.05, 3.63) is 114 Å². The number of carbonyl (C=O) groups excluding carboxylic acids is 1. The highest BCUT2D eigenvalue weighted by Crippen LogP contribution is 2.29. The van der Waals surface area contributed by atoms with E-state index in [0.717, 1.165) is 57.8 Å². The Kier molecular flexibility index (Phi) is 11.0. The van der Waals surface area contributed by atoms with Gasteiger partial charge in [0.25, 0.3) is 0 Å². The third-order valence-electron chi connectivity index (χ3n) is 6.41. The van der Waals surface area contributed by atoms with E-state index in [9.17, 15) is 4.79 Å². The molecule has 3 rings (SSSR count). The summed E-state index contributed by atoms with van der Waals surface area (Å²) in [6.45, 7) is 14.7. The summed E-state index contributed by atoms with van der Waals surface area (Å²) in [7, 11) is 0. The second-order valence-electron chi connectivity index (χ2n) is 9.45. The van der Waals surface area contributed by atoms with Gasteiger partial charge in [0.2, 0.25) is 0 Å². The molecule has 2 aromatic heterocycles. The molecule has 2 aromatic rings. The molecule has 38 heavy (non-hydrogen) atoms. The van der Waals surface area contributed by atoms with Crippen molar-refractivity contribution in [2.24, 2.45) is 0 Å². The lowest BCUT2D eigenvalue weighted by Crippen LogP contribution is -2.09. The van der Waals surface area contributed by atoms with Gasteiger partial charge in [0.05, 0.1) is 29.8 Å². The molecule has 0 amide bonds. The molecule has 0 saturated carbocycles. The Morgan fingerprint density at radius 3 is 2.74 bits per heavy atom. The lowest BCUT2D eigenvalue weighted by molar-refractivity contribution is -0.138. The molecule has 0 radical (unpaired) electrons. The number of allylic oxidation sites excluding steroid dienone is 9. The van der Waals surface area contributed by atoms with Crippen molar-refractivity contribution < 1.29 is 9.53 Å². The van der Waals surface area contributed by atoms with Crippen LogP contribution in [0.1, 0.15) is 63.6 Å². The lowest BCUT2D eigenvalue weighted by atomic mass is 9.97. The number of aromatic nitrogens is 3. The Hall–Kier alpha value is -3.99. The number of ether oxygens (including phenoxy) is 1. The number of carbonyl (C=O) groups is 1. The minimum absolute atomic E-state index is 0.337. The molecule has 0 spiro atoms. The number of esters is 1. The Morgan fingerprint density at radius 1 is 1.13 bits per heavy atom. The van der Waals surface area contributed by atoms with E-state index in [1.165, 1.54) is 19.3 Å². The molecule has 2 heterocycles. The molecule has 198 valence electrons. The average Bonchev–Trinajstić information content (AvgIpc) is 3.39. The zero-order chi connectivity index (χ0) is 27.3. The second kappa shape index (κ2) is 14.7. The highest BCUT2D eigenvalue weighted by Gasteiger charge is 2.14. The van der Waals surface area contributed by atoms with Gasteiger partial charge in [-0.3, -0.25) is 10.1 Å². The Bertz CT molecular complexity index is 1300. The monoisotopic (exact) mass is 509 g/mol. The maximum atomic E-state index is 12.7. The zero-order valence-corrected chi connectivity index (χ0v) is 22.9. The number of rotatable bonds is 12. The fourth-order valence-corrected chi connectivity index (χ4v) is 4.13. The molecule has 0 aromatic carbocycles. The van der Waals surface area contributed by atoms with Crippen LogP contribution in [0.25, 0.3) is 17.0 Å². The summed E-state index contributed by atoms with van der Waals surface area (Å²) in [5, 5.41) is 7.33. The van der Waals surface area contributed by atoms with Gasteiger partial charge in [0.1, 0.15) is 0 Å². The predicted molar refractivity (Wildman–Crippen MR) is 157 cm³/mol. The Morgan fingerprint density at radius 2 is 1.97 bits per heavy atom. The molecular formula is C33H39N3O2. The van der Waals surface area contributed by atoms with Crippen molar-refractivity contribution >= 4 is 11.5 Å². The third kappa shape index (κ3) is 8.27. The van der Waals surface area contributed by atoms with Gasteiger partial charge in [-0.05, 0) is 61.6 Å². The largest absolute Gasteiger partial charge is 0.462 e. The van der Waals surface area contributed by atoms with Crippen LogP contribution in [0.5, 0.6) is 0 Å². The van der Waals surface area contributed by atoms with E-state index in [0.29, 0.717) is 18.6 Å². The fourth-order valence-electron chi connectivity index (χ4n) is 4.13. The standard InChI is InChI=1S/C33H39N3O2/c1-6-8-9-10-13-24(3)20-21-38-33(37)27(7-2)22-29-16-12-15-28(19-18-25(29)4)30-23-34-36-32(30)31-17-11-14-26(5)35-31/h7,11-12,14-19,22-23H,3-4,6,8-10,13,20-21H2,1-2,5H3,(H,34,36)/b16-12+,19-18-,27-7+,28-15-,29-22-. The van der Waals surface area contributed by atoms with Crippen molar-refractivity contribution in [3.8, 4) is 11.4 Å². The fraction of sp³-hybridized carbons (Fsp3) is 0.303. The minimum atomic E-state index is -0.337. The van der Waals surface area contributed by atoms with Crippen molar-refractivity contribution in [3.63, 3.8) is 0 Å². The van der Waals surface area contributed by atoms with Gasteiger partial charge in [-0.1, -0.05) is 87.4 Å². The number of aryl methyl sites for hydroxylation is 1. The molecule has 5 nitrogen and oxygen atoms in total. The first-order chi connectivity index (χ1) is 18.4. The van der Waals surface area contributed by atoms with Crippen LogP contribution in [0.3, 0.4) is 0 Å². The number of unbranched alkanes of at least 4 members (excludes halogenated alkanes) is 3. The number of hydrogen-bond donors (Lipinski definition) is 1. The normalized spacial score (nSPS) is 17.9. The topological polar surface area (TPSA) is 67.9 Å². The average molecular weight is 510 g/mol. The van der Waals surface area contributed by atoms with Gasteiger partial charge in [-0.25, -0.2) is 4.79 Å². The molecule has 0 saturated heterocycles.